The van der Waals surface area contributed by atoms with E-state index in [4.69, 9.17) is 4.42 Å². The average Bonchev–Trinajstić information content (AvgIpc) is 3.07. The zero-order valence-electron chi connectivity index (χ0n) is 13.1. The fourth-order valence-electron chi connectivity index (χ4n) is 1.89. The molecule has 2 aromatic rings. The zero-order valence-corrected chi connectivity index (χ0v) is 13.1. The Balaban J connectivity index is 1.95. The maximum atomic E-state index is 12.0. The molecule has 0 radical (unpaired) electrons. The van der Waals surface area contributed by atoms with Gasteiger partial charge in [0.05, 0.1) is 6.26 Å². The first-order chi connectivity index (χ1) is 11.1. The highest BCUT2D eigenvalue weighted by molar-refractivity contribution is 5.99. The van der Waals surface area contributed by atoms with Crippen molar-refractivity contribution in [2.24, 2.45) is 5.10 Å². The standard InChI is InChI=1S/C17H19N3O3/c1-3-5-16(21)18-14-9-7-13(8-10-14)17(22)20-19-12(2)15-6-4-11-23-15/h4,6-11H,3,5H2,1-2H3,(H,18,21)(H,20,22). The van der Waals surface area contributed by atoms with Crippen LogP contribution < -0.4 is 10.7 Å². The molecule has 120 valence electrons. The van der Waals surface area contributed by atoms with E-state index in [9.17, 15) is 9.59 Å². The number of hydrogen-bond acceptors (Lipinski definition) is 4. The topological polar surface area (TPSA) is 83.7 Å². The molecule has 0 aliphatic carbocycles. The summed E-state index contributed by atoms with van der Waals surface area (Å²) in [6.07, 6.45) is 2.81. The molecular formula is C17H19N3O3. The molecule has 0 fully saturated rings. The summed E-state index contributed by atoms with van der Waals surface area (Å²) >= 11 is 0. The molecule has 0 saturated heterocycles. The van der Waals surface area contributed by atoms with Crippen molar-refractivity contribution in [3.63, 3.8) is 0 Å². The van der Waals surface area contributed by atoms with E-state index in [0.29, 0.717) is 29.1 Å². The molecule has 0 unspecified atom stereocenters. The zero-order chi connectivity index (χ0) is 16.7. The normalized spacial score (nSPS) is 11.1. The summed E-state index contributed by atoms with van der Waals surface area (Å²) in [5.74, 6) is 0.227. The van der Waals surface area contributed by atoms with Crippen molar-refractivity contribution in [2.45, 2.75) is 26.7 Å². The van der Waals surface area contributed by atoms with Crippen LogP contribution in [0.1, 0.15) is 42.8 Å². The first-order valence-electron chi connectivity index (χ1n) is 7.38. The smallest absolute Gasteiger partial charge is 0.271 e. The van der Waals surface area contributed by atoms with Crippen molar-refractivity contribution in [3.05, 3.63) is 54.0 Å². The summed E-state index contributed by atoms with van der Waals surface area (Å²) in [7, 11) is 0. The van der Waals surface area contributed by atoms with Gasteiger partial charge < -0.3 is 9.73 Å². The molecule has 6 nitrogen and oxygen atoms in total. The van der Waals surface area contributed by atoms with Gasteiger partial charge in [-0.25, -0.2) is 5.43 Å². The van der Waals surface area contributed by atoms with Gasteiger partial charge in [0, 0.05) is 17.7 Å². The number of anilines is 1. The van der Waals surface area contributed by atoms with Crippen LogP contribution in [-0.4, -0.2) is 17.5 Å². The second-order valence-corrected chi connectivity index (χ2v) is 4.99. The van der Waals surface area contributed by atoms with Gasteiger partial charge in [-0.15, -0.1) is 0 Å². The molecular weight excluding hydrogens is 294 g/mol. The molecule has 6 heteroatoms. The van der Waals surface area contributed by atoms with Crippen molar-refractivity contribution in [1.82, 2.24) is 5.43 Å². The number of hydrogen-bond donors (Lipinski definition) is 2. The highest BCUT2D eigenvalue weighted by Crippen LogP contribution is 2.10. The summed E-state index contributed by atoms with van der Waals surface area (Å²) in [6.45, 7) is 3.68. The number of rotatable bonds is 6. The lowest BCUT2D eigenvalue weighted by Crippen LogP contribution is -2.19. The monoisotopic (exact) mass is 313 g/mol. The Morgan fingerprint density at radius 3 is 2.52 bits per heavy atom. The Hall–Kier alpha value is -2.89. The first kappa shape index (κ1) is 16.5. The van der Waals surface area contributed by atoms with Gasteiger partial charge in [0.25, 0.3) is 5.91 Å². The van der Waals surface area contributed by atoms with Crippen molar-refractivity contribution in [1.29, 1.82) is 0 Å². The number of carbonyl (C=O) groups is 2. The van der Waals surface area contributed by atoms with Gasteiger partial charge in [-0.2, -0.15) is 5.10 Å². The van der Waals surface area contributed by atoms with Gasteiger partial charge in [-0.3, -0.25) is 9.59 Å². The van der Waals surface area contributed by atoms with Crippen LogP contribution in [0.3, 0.4) is 0 Å². The fourth-order valence-corrected chi connectivity index (χ4v) is 1.89. The van der Waals surface area contributed by atoms with Gasteiger partial charge in [0.1, 0.15) is 11.5 Å². The number of furan rings is 1. The van der Waals surface area contributed by atoms with E-state index >= 15 is 0 Å². The van der Waals surface area contributed by atoms with Gasteiger partial charge in [-0.05, 0) is 49.7 Å². The van der Waals surface area contributed by atoms with Crippen LogP contribution in [0.5, 0.6) is 0 Å². The predicted octanol–water partition coefficient (Wildman–Crippen LogP) is 3.17. The second kappa shape index (κ2) is 7.93. The Morgan fingerprint density at radius 2 is 1.91 bits per heavy atom. The van der Waals surface area contributed by atoms with Crippen LogP contribution in [0.2, 0.25) is 0 Å². The van der Waals surface area contributed by atoms with Crippen molar-refractivity contribution >= 4 is 23.2 Å². The molecule has 0 atom stereocenters. The molecule has 0 aliphatic rings. The first-order valence-corrected chi connectivity index (χ1v) is 7.38. The average molecular weight is 313 g/mol. The van der Waals surface area contributed by atoms with Crippen molar-refractivity contribution < 1.29 is 14.0 Å². The second-order valence-electron chi connectivity index (χ2n) is 4.99. The Bertz CT molecular complexity index is 688. The van der Waals surface area contributed by atoms with Gasteiger partial charge >= 0.3 is 0 Å². The Kier molecular flexibility index (Phi) is 5.68. The van der Waals surface area contributed by atoms with Crippen LogP contribution in [0.25, 0.3) is 0 Å². The van der Waals surface area contributed by atoms with Crippen LogP contribution >= 0.6 is 0 Å². The largest absolute Gasteiger partial charge is 0.463 e. The third-order valence-corrected chi connectivity index (χ3v) is 3.11. The minimum Gasteiger partial charge on any atom is -0.463 e. The lowest BCUT2D eigenvalue weighted by atomic mass is 10.2. The van der Waals surface area contributed by atoms with E-state index in [0.717, 1.165) is 6.42 Å². The molecule has 1 heterocycles. The molecule has 1 aromatic heterocycles. The SMILES string of the molecule is CCCC(=O)Nc1ccc(C(=O)NN=C(C)c2ccco2)cc1. The number of benzene rings is 1. The summed E-state index contributed by atoms with van der Waals surface area (Å²) in [4.78, 5) is 23.5. The third-order valence-electron chi connectivity index (χ3n) is 3.11. The maximum Gasteiger partial charge on any atom is 0.271 e. The summed E-state index contributed by atoms with van der Waals surface area (Å²) < 4.78 is 5.18. The molecule has 0 saturated carbocycles. The molecule has 2 amide bonds. The van der Waals surface area contributed by atoms with Gasteiger partial charge in [0.15, 0.2) is 0 Å². The third kappa shape index (κ3) is 4.81. The molecule has 0 bridgehead atoms. The van der Waals surface area contributed by atoms with Crippen LogP contribution in [0.4, 0.5) is 5.69 Å². The van der Waals surface area contributed by atoms with Crippen LogP contribution in [0, 0.1) is 0 Å². The molecule has 23 heavy (non-hydrogen) atoms. The molecule has 1 aromatic carbocycles. The number of carbonyl (C=O) groups excluding carboxylic acids is 2. The van der Waals surface area contributed by atoms with Crippen LogP contribution in [-0.2, 0) is 4.79 Å². The quantitative estimate of drug-likeness (QED) is 0.634. The fraction of sp³-hybridized carbons (Fsp3) is 0.235. The van der Waals surface area contributed by atoms with E-state index in [1.165, 1.54) is 0 Å². The highest BCUT2D eigenvalue weighted by Gasteiger charge is 2.07. The van der Waals surface area contributed by atoms with Crippen molar-refractivity contribution in [2.75, 3.05) is 5.32 Å². The number of nitrogens with one attached hydrogen (secondary N) is 2. The molecule has 0 spiro atoms. The van der Waals surface area contributed by atoms with E-state index in [1.807, 2.05) is 6.92 Å². The molecule has 2 rings (SSSR count). The van der Waals surface area contributed by atoms with E-state index in [-0.39, 0.29) is 11.8 Å². The summed E-state index contributed by atoms with van der Waals surface area (Å²) in [6, 6.07) is 10.2. The summed E-state index contributed by atoms with van der Waals surface area (Å²) in [5, 5.41) is 6.76. The van der Waals surface area contributed by atoms with Gasteiger partial charge in [0.2, 0.25) is 5.91 Å². The predicted molar refractivity (Wildman–Crippen MR) is 88.4 cm³/mol. The van der Waals surface area contributed by atoms with E-state index < -0.39 is 0 Å². The minimum absolute atomic E-state index is 0.0385. The summed E-state index contributed by atoms with van der Waals surface area (Å²) in [5.41, 5.74) is 4.16. The molecule has 0 aliphatic heterocycles. The number of nitrogens with zero attached hydrogens (tertiary/aromatic N) is 1. The van der Waals surface area contributed by atoms with Crippen LogP contribution in [0.15, 0.2) is 52.2 Å². The Morgan fingerprint density at radius 1 is 1.17 bits per heavy atom. The minimum atomic E-state index is -0.331. The van der Waals surface area contributed by atoms with E-state index in [2.05, 4.69) is 15.8 Å². The number of hydrazone groups is 1. The van der Waals surface area contributed by atoms with E-state index in [1.54, 1.807) is 49.6 Å². The maximum absolute atomic E-state index is 12.0. The molecule has 2 N–H and O–H groups in total. The van der Waals surface area contributed by atoms with Crippen molar-refractivity contribution in [3.8, 4) is 0 Å². The highest BCUT2D eigenvalue weighted by atomic mass is 16.3. The Labute approximate surface area is 134 Å². The van der Waals surface area contributed by atoms with Gasteiger partial charge in [-0.1, -0.05) is 6.92 Å². The lowest BCUT2D eigenvalue weighted by molar-refractivity contribution is -0.116. The number of amides is 2. The lowest BCUT2D eigenvalue weighted by Gasteiger charge is -2.05.